The highest BCUT2D eigenvalue weighted by molar-refractivity contribution is 5.69. The van der Waals surface area contributed by atoms with Crippen molar-refractivity contribution in [3.63, 3.8) is 0 Å². The number of carbonyl (C=O) groups is 2. The molecule has 0 aliphatic rings. The SMILES string of the molecule is COc1ccc(C(CNC(=O)OC(C)(C)C)N(O)C(=O)OC(C)(C)C)cc1. The van der Waals surface area contributed by atoms with Gasteiger partial charge in [-0.3, -0.25) is 5.21 Å². The summed E-state index contributed by atoms with van der Waals surface area (Å²) >= 11 is 0. The zero-order chi connectivity index (χ0) is 20.8. The molecule has 0 spiro atoms. The number of alkyl carbamates (subject to hydrolysis) is 1. The Bertz CT molecular complexity index is 631. The fourth-order valence-corrected chi connectivity index (χ4v) is 2.10. The van der Waals surface area contributed by atoms with Gasteiger partial charge in [-0.2, -0.15) is 5.06 Å². The minimum absolute atomic E-state index is 0.0724. The third-order valence-electron chi connectivity index (χ3n) is 3.21. The Balaban J connectivity index is 2.97. The van der Waals surface area contributed by atoms with Crippen molar-refractivity contribution in [3.05, 3.63) is 29.8 Å². The van der Waals surface area contributed by atoms with Crippen molar-refractivity contribution in [2.24, 2.45) is 0 Å². The van der Waals surface area contributed by atoms with Crippen LogP contribution in [0.2, 0.25) is 0 Å². The van der Waals surface area contributed by atoms with E-state index in [-0.39, 0.29) is 6.54 Å². The van der Waals surface area contributed by atoms with E-state index in [0.29, 0.717) is 16.4 Å². The Hall–Kier alpha value is -2.48. The number of hydroxylamine groups is 2. The molecule has 2 amide bonds. The van der Waals surface area contributed by atoms with E-state index in [2.05, 4.69) is 5.32 Å². The highest BCUT2D eigenvalue weighted by atomic mass is 16.6. The lowest BCUT2D eigenvalue weighted by atomic mass is 10.1. The van der Waals surface area contributed by atoms with Gasteiger partial charge in [-0.15, -0.1) is 0 Å². The summed E-state index contributed by atoms with van der Waals surface area (Å²) in [6.45, 7) is 10.2. The first-order valence-corrected chi connectivity index (χ1v) is 8.64. The minimum Gasteiger partial charge on any atom is -0.497 e. The maximum atomic E-state index is 12.3. The first-order valence-electron chi connectivity index (χ1n) is 8.64. The molecule has 0 aromatic heterocycles. The van der Waals surface area contributed by atoms with Gasteiger partial charge in [0.15, 0.2) is 0 Å². The molecular weight excluding hydrogens is 352 g/mol. The average Bonchev–Trinajstić information content (AvgIpc) is 2.52. The van der Waals surface area contributed by atoms with Crippen LogP contribution >= 0.6 is 0 Å². The smallest absolute Gasteiger partial charge is 0.434 e. The van der Waals surface area contributed by atoms with Gasteiger partial charge in [-0.25, -0.2) is 9.59 Å². The normalized spacial score (nSPS) is 12.7. The van der Waals surface area contributed by atoms with Crippen LogP contribution in [0.1, 0.15) is 53.1 Å². The summed E-state index contributed by atoms with van der Waals surface area (Å²) < 4.78 is 15.5. The summed E-state index contributed by atoms with van der Waals surface area (Å²) in [5, 5.41) is 13.4. The second-order valence-corrected chi connectivity index (χ2v) is 8.00. The number of benzene rings is 1. The van der Waals surface area contributed by atoms with E-state index in [9.17, 15) is 14.8 Å². The zero-order valence-electron chi connectivity index (χ0n) is 17.0. The summed E-state index contributed by atoms with van der Waals surface area (Å²) in [5.74, 6) is 0.624. The van der Waals surface area contributed by atoms with E-state index >= 15 is 0 Å². The molecule has 1 rings (SSSR count). The van der Waals surface area contributed by atoms with Gasteiger partial charge < -0.3 is 19.5 Å². The Morgan fingerprint density at radius 1 is 1.04 bits per heavy atom. The molecule has 1 unspecified atom stereocenters. The summed E-state index contributed by atoms with van der Waals surface area (Å²) in [5.41, 5.74) is -0.856. The fourth-order valence-electron chi connectivity index (χ4n) is 2.10. The average molecular weight is 382 g/mol. The quantitative estimate of drug-likeness (QED) is 0.592. The number of amides is 2. The molecule has 2 N–H and O–H groups in total. The Labute approximate surface area is 160 Å². The van der Waals surface area contributed by atoms with Crippen LogP contribution in [-0.2, 0) is 9.47 Å². The lowest BCUT2D eigenvalue weighted by molar-refractivity contribution is -0.121. The molecule has 0 aliphatic carbocycles. The number of hydrogen-bond acceptors (Lipinski definition) is 6. The molecule has 8 nitrogen and oxygen atoms in total. The van der Waals surface area contributed by atoms with Crippen molar-refractivity contribution in [2.45, 2.75) is 58.8 Å². The summed E-state index contributed by atoms with van der Waals surface area (Å²) in [7, 11) is 1.54. The van der Waals surface area contributed by atoms with Gasteiger partial charge in [0.2, 0.25) is 0 Å². The lowest BCUT2D eigenvalue weighted by Gasteiger charge is -2.29. The third-order valence-corrected chi connectivity index (χ3v) is 3.21. The van der Waals surface area contributed by atoms with E-state index in [1.807, 2.05) is 0 Å². The number of nitrogens with zero attached hydrogens (tertiary/aromatic N) is 1. The van der Waals surface area contributed by atoms with Crippen LogP contribution in [-0.4, -0.2) is 47.3 Å². The second kappa shape index (κ2) is 8.94. The van der Waals surface area contributed by atoms with Crippen LogP contribution in [0.25, 0.3) is 0 Å². The molecule has 27 heavy (non-hydrogen) atoms. The van der Waals surface area contributed by atoms with Crippen molar-refractivity contribution in [1.29, 1.82) is 0 Å². The third kappa shape index (κ3) is 8.17. The molecule has 1 aromatic carbocycles. The van der Waals surface area contributed by atoms with Crippen LogP contribution in [0, 0.1) is 0 Å². The monoisotopic (exact) mass is 382 g/mol. The highest BCUT2D eigenvalue weighted by Gasteiger charge is 2.29. The van der Waals surface area contributed by atoms with Crippen molar-refractivity contribution < 1.29 is 29.0 Å². The summed E-state index contributed by atoms with van der Waals surface area (Å²) in [6.07, 6.45) is -1.58. The molecule has 0 bridgehead atoms. The molecule has 8 heteroatoms. The molecule has 152 valence electrons. The molecule has 0 heterocycles. The number of rotatable bonds is 5. The number of carbonyl (C=O) groups excluding carboxylic acids is 2. The standard InChI is InChI=1S/C19H30N2O6/c1-18(2,3)26-16(22)20-12-15(13-8-10-14(25-7)11-9-13)21(24)17(23)27-19(4,5)6/h8-11,15,24H,12H2,1-7H3,(H,20,22). The zero-order valence-corrected chi connectivity index (χ0v) is 17.0. The fraction of sp³-hybridized carbons (Fsp3) is 0.579. The maximum Gasteiger partial charge on any atom is 0.434 e. The van der Waals surface area contributed by atoms with E-state index < -0.39 is 29.4 Å². The van der Waals surface area contributed by atoms with Crippen molar-refractivity contribution in [1.82, 2.24) is 10.4 Å². The molecule has 1 aromatic rings. The first kappa shape index (κ1) is 22.6. The van der Waals surface area contributed by atoms with Crippen LogP contribution in [0.4, 0.5) is 9.59 Å². The molecule has 0 aliphatic heterocycles. The molecule has 0 radical (unpaired) electrons. The minimum atomic E-state index is -0.922. The summed E-state index contributed by atoms with van der Waals surface area (Å²) in [6, 6.07) is 5.89. The van der Waals surface area contributed by atoms with Gasteiger partial charge in [0.05, 0.1) is 7.11 Å². The van der Waals surface area contributed by atoms with Crippen LogP contribution < -0.4 is 10.1 Å². The number of methoxy groups -OCH3 is 1. The van der Waals surface area contributed by atoms with E-state index in [1.165, 1.54) is 7.11 Å². The number of ether oxygens (including phenoxy) is 3. The molecule has 0 fully saturated rings. The van der Waals surface area contributed by atoms with Gasteiger partial charge in [0.1, 0.15) is 23.0 Å². The van der Waals surface area contributed by atoms with E-state index in [0.717, 1.165) is 0 Å². The number of hydrogen-bond donors (Lipinski definition) is 2. The van der Waals surface area contributed by atoms with Gasteiger partial charge in [-0.1, -0.05) is 12.1 Å². The first-order chi connectivity index (χ1) is 12.3. The molecule has 1 atom stereocenters. The van der Waals surface area contributed by atoms with Crippen molar-refractivity contribution in [3.8, 4) is 5.75 Å². The Morgan fingerprint density at radius 2 is 1.56 bits per heavy atom. The summed E-state index contributed by atoms with van der Waals surface area (Å²) in [4.78, 5) is 24.2. The molecule has 0 saturated heterocycles. The highest BCUT2D eigenvalue weighted by Crippen LogP contribution is 2.23. The Kier molecular flexibility index (Phi) is 7.47. The predicted octanol–water partition coefficient (Wildman–Crippen LogP) is 3.89. The molecule has 0 saturated carbocycles. The van der Waals surface area contributed by atoms with Crippen molar-refractivity contribution in [2.75, 3.05) is 13.7 Å². The Morgan fingerprint density at radius 3 is 2.00 bits per heavy atom. The van der Waals surface area contributed by atoms with Gasteiger partial charge in [-0.05, 0) is 59.2 Å². The van der Waals surface area contributed by atoms with Crippen LogP contribution in [0.3, 0.4) is 0 Å². The maximum absolute atomic E-state index is 12.3. The van der Waals surface area contributed by atoms with E-state index in [1.54, 1.807) is 65.8 Å². The van der Waals surface area contributed by atoms with Gasteiger partial charge in [0, 0.05) is 6.54 Å². The van der Waals surface area contributed by atoms with Gasteiger partial charge >= 0.3 is 12.2 Å². The van der Waals surface area contributed by atoms with Crippen molar-refractivity contribution >= 4 is 12.2 Å². The largest absolute Gasteiger partial charge is 0.497 e. The topological polar surface area (TPSA) is 97.3 Å². The van der Waals surface area contributed by atoms with E-state index in [4.69, 9.17) is 14.2 Å². The van der Waals surface area contributed by atoms with Gasteiger partial charge in [0.25, 0.3) is 0 Å². The van der Waals surface area contributed by atoms with Crippen LogP contribution in [0.15, 0.2) is 24.3 Å². The lowest BCUT2D eigenvalue weighted by Crippen LogP contribution is -2.43. The van der Waals surface area contributed by atoms with Crippen LogP contribution in [0.5, 0.6) is 5.75 Å². The number of nitrogens with one attached hydrogen (secondary N) is 1. The predicted molar refractivity (Wildman–Crippen MR) is 99.8 cm³/mol. The second-order valence-electron chi connectivity index (χ2n) is 8.00. The molecular formula is C19H30N2O6.